The molecule has 1 N–H and O–H groups in total. The standard InChI is InChI=1S/C18H29FN2/c1-14(2)21(3)11-5-4-10-20-18-12-16(13-18)15-6-8-17(19)9-7-15/h6-9,14,16,18,20H,4-5,10-13H2,1-3H3. The predicted molar refractivity (Wildman–Crippen MR) is 87.2 cm³/mol. The summed E-state index contributed by atoms with van der Waals surface area (Å²) in [5.41, 5.74) is 1.29. The Bertz CT molecular complexity index is 410. The molecule has 0 saturated heterocycles. The fraction of sp³-hybridized carbons (Fsp3) is 0.667. The van der Waals surface area contributed by atoms with Crippen LogP contribution in [-0.4, -0.2) is 37.1 Å². The topological polar surface area (TPSA) is 15.3 Å². The molecule has 2 rings (SSSR count). The Morgan fingerprint density at radius 3 is 2.48 bits per heavy atom. The third kappa shape index (κ3) is 5.08. The number of hydrogen-bond donors (Lipinski definition) is 1. The molecule has 0 aliphatic heterocycles. The molecule has 0 radical (unpaired) electrons. The maximum atomic E-state index is 12.9. The van der Waals surface area contributed by atoms with Crippen molar-refractivity contribution in [1.29, 1.82) is 0 Å². The average Bonchev–Trinajstić information content (AvgIpc) is 2.41. The number of nitrogens with one attached hydrogen (secondary N) is 1. The van der Waals surface area contributed by atoms with Gasteiger partial charge in [0.2, 0.25) is 0 Å². The molecule has 3 heteroatoms. The summed E-state index contributed by atoms with van der Waals surface area (Å²) in [6.45, 7) is 6.78. The highest BCUT2D eigenvalue weighted by Gasteiger charge is 2.29. The average molecular weight is 292 g/mol. The predicted octanol–water partition coefficient (Wildman–Crippen LogP) is 3.78. The van der Waals surface area contributed by atoms with Gasteiger partial charge >= 0.3 is 0 Å². The Morgan fingerprint density at radius 1 is 1.19 bits per heavy atom. The summed E-state index contributed by atoms with van der Waals surface area (Å²) in [7, 11) is 2.19. The summed E-state index contributed by atoms with van der Waals surface area (Å²) in [4.78, 5) is 2.40. The molecule has 1 saturated carbocycles. The van der Waals surface area contributed by atoms with Gasteiger partial charge < -0.3 is 10.2 Å². The molecule has 0 atom stereocenters. The van der Waals surface area contributed by atoms with Crippen molar-refractivity contribution < 1.29 is 4.39 Å². The highest BCUT2D eigenvalue weighted by molar-refractivity contribution is 5.23. The largest absolute Gasteiger partial charge is 0.314 e. The lowest BCUT2D eigenvalue weighted by Crippen LogP contribution is -2.40. The summed E-state index contributed by atoms with van der Waals surface area (Å²) in [5.74, 6) is 0.481. The molecule has 21 heavy (non-hydrogen) atoms. The minimum atomic E-state index is -0.140. The van der Waals surface area contributed by atoms with E-state index in [1.807, 2.05) is 12.1 Å². The molecule has 118 valence electrons. The Hall–Kier alpha value is -0.930. The summed E-state index contributed by atoms with van der Waals surface area (Å²) in [6.07, 6.45) is 4.89. The van der Waals surface area contributed by atoms with Crippen LogP contribution in [0.15, 0.2) is 24.3 Å². The number of hydrogen-bond acceptors (Lipinski definition) is 2. The molecule has 0 bridgehead atoms. The van der Waals surface area contributed by atoms with E-state index < -0.39 is 0 Å². The van der Waals surface area contributed by atoms with Crippen molar-refractivity contribution in [2.24, 2.45) is 0 Å². The third-order valence-corrected chi connectivity index (χ3v) is 4.73. The highest BCUT2D eigenvalue weighted by atomic mass is 19.1. The molecule has 0 spiro atoms. The minimum absolute atomic E-state index is 0.140. The number of unbranched alkanes of at least 4 members (excludes halogenated alkanes) is 1. The van der Waals surface area contributed by atoms with Crippen LogP contribution in [0.25, 0.3) is 0 Å². The van der Waals surface area contributed by atoms with Crippen LogP contribution < -0.4 is 5.32 Å². The van der Waals surface area contributed by atoms with E-state index in [9.17, 15) is 4.39 Å². The molecule has 2 nitrogen and oxygen atoms in total. The number of nitrogens with zero attached hydrogens (tertiary/aromatic N) is 1. The Kier molecular flexibility index (Phi) is 6.19. The van der Waals surface area contributed by atoms with E-state index in [2.05, 4.69) is 31.1 Å². The van der Waals surface area contributed by atoms with Gasteiger partial charge in [-0.05, 0) is 83.3 Å². The van der Waals surface area contributed by atoms with Crippen molar-refractivity contribution in [2.75, 3.05) is 20.1 Å². The van der Waals surface area contributed by atoms with Crippen molar-refractivity contribution in [2.45, 2.75) is 57.5 Å². The van der Waals surface area contributed by atoms with Gasteiger partial charge in [0, 0.05) is 12.1 Å². The maximum absolute atomic E-state index is 12.9. The molecule has 0 heterocycles. The molecular formula is C18H29FN2. The van der Waals surface area contributed by atoms with Crippen molar-refractivity contribution >= 4 is 0 Å². The van der Waals surface area contributed by atoms with Crippen molar-refractivity contribution in [3.05, 3.63) is 35.6 Å². The van der Waals surface area contributed by atoms with E-state index in [0.717, 1.165) is 6.54 Å². The quantitative estimate of drug-likeness (QED) is 0.734. The van der Waals surface area contributed by atoms with Gasteiger partial charge in [-0.25, -0.2) is 4.39 Å². The fourth-order valence-electron chi connectivity index (χ4n) is 2.84. The van der Waals surface area contributed by atoms with E-state index >= 15 is 0 Å². The van der Waals surface area contributed by atoms with E-state index in [-0.39, 0.29) is 5.82 Å². The fourth-order valence-corrected chi connectivity index (χ4v) is 2.84. The summed E-state index contributed by atoms with van der Waals surface area (Å²) >= 11 is 0. The summed E-state index contributed by atoms with van der Waals surface area (Å²) in [6, 6.07) is 8.29. The smallest absolute Gasteiger partial charge is 0.123 e. The molecule has 1 aliphatic rings. The highest BCUT2D eigenvalue weighted by Crippen LogP contribution is 2.36. The van der Waals surface area contributed by atoms with Crippen LogP contribution >= 0.6 is 0 Å². The second-order valence-corrected chi connectivity index (χ2v) is 6.65. The van der Waals surface area contributed by atoms with Gasteiger partial charge in [-0.1, -0.05) is 12.1 Å². The third-order valence-electron chi connectivity index (χ3n) is 4.73. The van der Waals surface area contributed by atoms with Crippen LogP contribution in [0.5, 0.6) is 0 Å². The molecule has 1 aromatic rings. The number of benzene rings is 1. The number of halogens is 1. The van der Waals surface area contributed by atoms with Crippen molar-refractivity contribution in [1.82, 2.24) is 10.2 Å². The van der Waals surface area contributed by atoms with E-state index in [4.69, 9.17) is 0 Å². The van der Waals surface area contributed by atoms with Crippen LogP contribution in [-0.2, 0) is 0 Å². The van der Waals surface area contributed by atoms with E-state index in [1.54, 1.807) is 12.1 Å². The van der Waals surface area contributed by atoms with Crippen LogP contribution in [0.1, 0.15) is 51.0 Å². The molecule has 0 aromatic heterocycles. The first-order valence-corrected chi connectivity index (χ1v) is 8.25. The molecule has 0 unspecified atom stereocenters. The zero-order valence-corrected chi connectivity index (χ0v) is 13.6. The van der Waals surface area contributed by atoms with Gasteiger partial charge in [0.05, 0.1) is 0 Å². The second kappa shape index (κ2) is 7.90. The molecule has 1 aromatic carbocycles. The normalized spacial score (nSPS) is 21.8. The van der Waals surface area contributed by atoms with E-state index in [0.29, 0.717) is 18.0 Å². The van der Waals surface area contributed by atoms with Gasteiger partial charge in [0.1, 0.15) is 5.82 Å². The summed E-state index contributed by atoms with van der Waals surface area (Å²) in [5, 5.41) is 3.64. The van der Waals surface area contributed by atoms with E-state index in [1.165, 1.54) is 37.8 Å². The lowest BCUT2D eigenvalue weighted by atomic mass is 9.76. The Labute approximate surface area is 128 Å². The van der Waals surface area contributed by atoms with Crippen LogP contribution in [0.2, 0.25) is 0 Å². The van der Waals surface area contributed by atoms with Gasteiger partial charge in [0.15, 0.2) is 0 Å². The van der Waals surface area contributed by atoms with Crippen LogP contribution in [0.3, 0.4) is 0 Å². The maximum Gasteiger partial charge on any atom is 0.123 e. The molecule has 0 amide bonds. The van der Waals surface area contributed by atoms with Crippen LogP contribution in [0, 0.1) is 5.82 Å². The first-order chi connectivity index (χ1) is 10.1. The zero-order valence-electron chi connectivity index (χ0n) is 13.6. The number of rotatable bonds is 8. The van der Waals surface area contributed by atoms with Gasteiger partial charge in [0.25, 0.3) is 0 Å². The minimum Gasteiger partial charge on any atom is -0.314 e. The van der Waals surface area contributed by atoms with Gasteiger partial charge in [-0.15, -0.1) is 0 Å². The SMILES string of the molecule is CC(C)N(C)CCCCNC1CC(c2ccc(F)cc2)C1. The summed E-state index contributed by atoms with van der Waals surface area (Å²) < 4.78 is 12.9. The Balaban J connectivity index is 1.54. The molecular weight excluding hydrogens is 263 g/mol. The first kappa shape index (κ1) is 16.4. The lowest BCUT2D eigenvalue weighted by molar-refractivity contribution is 0.260. The lowest BCUT2D eigenvalue weighted by Gasteiger charge is -2.36. The Morgan fingerprint density at radius 2 is 1.86 bits per heavy atom. The van der Waals surface area contributed by atoms with Gasteiger partial charge in [-0.2, -0.15) is 0 Å². The monoisotopic (exact) mass is 292 g/mol. The molecule has 1 fully saturated rings. The first-order valence-electron chi connectivity index (χ1n) is 8.25. The zero-order chi connectivity index (χ0) is 15.2. The second-order valence-electron chi connectivity index (χ2n) is 6.65. The van der Waals surface area contributed by atoms with Crippen LogP contribution in [0.4, 0.5) is 4.39 Å². The van der Waals surface area contributed by atoms with Crippen molar-refractivity contribution in [3.8, 4) is 0 Å². The van der Waals surface area contributed by atoms with Gasteiger partial charge in [-0.3, -0.25) is 0 Å². The molecule has 1 aliphatic carbocycles. The van der Waals surface area contributed by atoms with Crippen molar-refractivity contribution in [3.63, 3.8) is 0 Å².